The summed E-state index contributed by atoms with van der Waals surface area (Å²) in [5.74, 6) is 1.52. The van der Waals surface area contributed by atoms with Gasteiger partial charge in [0.05, 0.1) is 6.54 Å². The van der Waals surface area contributed by atoms with Crippen molar-refractivity contribution in [2.24, 2.45) is 0 Å². The molecule has 1 amide bonds. The third-order valence-corrected chi connectivity index (χ3v) is 4.39. The summed E-state index contributed by atoms with van der Waals surface area (Å²) in [6.07, 6.45) is 1.09. The van der Waals surface area contributed by atoms with Gasteiger partial charge in [-0.25, -0.2) is 0 Å². The van der Waals surface area contributed by atoms with Crippen molar-refractivity contribution >= 4 is 21.8 Å². The Bertz CT molecular complexity index is 931. The first-order valence-electron chi connectivity index (χ1n) is 7.87. The van der Waals surface area contributed by atoms with Crippen molar-refractivity contribution in [2.45, 2.75) is 26.0 Å². The zero-order valence-corrected chi connectivity index (χ0v) is 15.0. The van der Waals surface area contributed by atoms with E-state index in [0.717, 1.165) is 17.7 Å². The van der Waals surface area contributed by atoms with Crippen LogP contribution in [0.25, 0.3) is 11.3 Å². The smallest absolute Gasteiger partial charge is 0.287 e. The van der Waals surface area contributed by atoms with Crippen LogP contribution in [0.5, 0.6) is 5.75 Å². The number of furan rings is 1. The lowest BCUT2D eigenvalue weighted by molar-refractivity contribution is 0.0921. The third kappa shape index (κ3) is 3.32. The molecular formula is C18H15BrN2O4. The molecule has 4 rings (SSSR count). The number of carbonyl (C=O) groups is 1. The van der Waals surface area contributed by atoms with E-state index in [1.165, 1.54) is 5.56 Å². The highest BCUT2D eigenvalue weighted by Gasteiger charge is 2.20. The van der Waals surface area contributed by atoms with Crippen LogP contribution in [0.4, 0.5) is 0 Å². The number of carbonyl (C=O) groups excluding carboxylic acids is 1. The van der Waals surface area contributed by atoms with Crippen molar-refractivity contribution in [3.05, 3.63) is 58.1 Å². The van der Waals surface area contributed by atoms with Gasteiger partial charge < -0.3 is 19.0 Å². The first-order chi connectivity index (χ1) is 12.1. The van der Waals surface area contributed by atoms with Crippen molar-refractivity contribution < 1.29 is 18.5 Å². The van der Waals surface area contributed by atoms with E-state index < -0.39 is 0 Å². The van der Waals surface area contributed by atoms with E-state index in [2.05, 4.69) is 32.5 Å². The quantitative estimate of drug-likeness (QED) is 0.714. The lowest BCUT2D eigenvalue weighted by Crippen LogP contribution is -2.22. The molecule has 6 nitrogen and oxygen atoms in total. The fourth-order valence-electron chi connectivity index (χ4n) is 2.80. The largest absolute Gasteiger partial charge is 0.490 e. The monoisotopic (exact) mass is 402 g/mol. The Morgan fingerprint density at radius 3 is 3.00 bits per heavy atom. The molecule has 3 aromatic rings. The van der Waals surface area contributed by atoms with Gasteiger partial charge in [0.2, 0.25) is 0 Å². The first kappa shape index (κ1) is 16.0. The first-order valence-corrected chi connectivity index (χ1v) is 8.67. The van der Waals surface area contributed by atoms with Crippen molar-refractivity contribution in [2.75, 3.05) is 0 Å². The van der Waals surface area contributed by atoms with Crippen LogP contribution in [0.1, 0.15) is 28.7 Å². The SMILES string of the molecule is CC1Cc2cc(-c3cc(CNC(=O)c4ccc(Br)o4)no3)ccc2O1. The molecular weight excluding hydrogens is 388 g/mol. The molecule has 3 heterocycles. The second-order valence-electron chi connectivity index (χ2n) is 5.92. The number of nitrogens with zero attached hydrogens (tertiary/aromatic N) is 1. The van der Waals surface area contributed by atoms with E-state index in [0.29, 0.717) is 16.1 Å². The molecule has 1 aliphatic heterocycles. The number of fused-ring (bicyclic) bond motifs is 1. The number of hydrogen-bond acceptors (Lipinski definition) is 5. The average molecular weight is 403 g/mol. The molecule has 128 valence electrons. The molecule has 0 aliphatic carbocycles. The predicted molar refractivity (Wildman–Crippen MR) is 93.3 cm³/mol. The second kappa shape index (κ2) is 6.40. The zero-order chi connectivity index (χ0) is 17.4. The summed E-state index contributed by atoms with van der Waals surface area (Å²) >= 11 is 3.17. The Labute approximate surface area is 152 Å². The zero-order valence-electron chi connectivity index (χ0n) is 13.4. The Kier molecular flexibility index (Phi) is 4.09. The molecule has 2 aromatic heterocycles. The second-order valence-corrected chi connectivity index (χ2v) is 6.71. The van der Waals surface area contributed by atoms with Gasteiger partial charge in [-0.15, -0.1) is 0 Å². The van der Waals surface area contributed by atoms with Crippen LogP contribution < -0.4 is 10.1 Å². The van der Waals surface area contributed by atoms with Crippen LogP contribution >= 0.6 is 15.9 Å². The highest BCUT2D eigenvalue weighted by molar-refractivity contribution is 9.10. The fraction of sp³-hybridized carbons (Fsp3) is 0.222. The van der Waals surface area contributed by atoms with Crippen molar-refractivity contribution in [1.29, 1.82) is 0 Å². The van der Waals surface area contributed by atoms with Gasteiger partial charge >= 0.3 is 0 Å². The lowest BCUT2D eigenvalue weighted by atomic mass is 10.1. The number of halogens is 1. The Balaban J connectivity index is 1.44. The normalized spacial score (nSPS) is 15.7. The third-order valence-electron chi connectivity index (χ3n) is 3.97. The molecule has 0 radical (unpaired) electrons. The summed E-state index contributed by atoms with van der Waals surface area (Å²) in [6, 6.07) is 11.0. The maximum atomic E-state index is 12.0. The number of hydrogen-bond donors (Lipinski definition) is 1. The number of amides is 1. The molecule has 1 unspecified atom stereocenters. The maximum absolute atomic E-state index is 12.0. The highest BCUT2D eigenvalue weighted by atomic mass is 79.9. The Morgan fingerprint density at radius 2 is 2.20 bits per heavy atom. The van der Waals surface area contributed by atoms with Crippen molar-refractivity contribution in [3.63, 3.8) is 0 Å². The summed E-state index contributed by atoms with van der Waals surface area (Å²) in [6.45, 7) is 2.30. The fourth-order valence-corrected chi connectivity index (χ4v) is 3.11. The number of aromatic nitrogens is 1. The summed E-state index contributed by atoms with van der Waals surface area (Å²) < 4.78 is 16.8. The van der Waals surface area contributed by atoms with Crippen molar-refractivity contribution in [1.82, 2.24) is 10.5 Å². The molecule has 25 heavy (non-hydrogen) atoms. The van der Waals surface area contributed by atoms with Gasteiger partial charge in [0.15, 0.2) is 16.2 Å². The molecule has 0 spiro atoms. The lowest BCUT2D eigenvalue weighted by Gasteiger charge is -2.02. The van der Waals surface area contributed by atoms with E-state index in [1.54, 1.807) is 12.1 Å². The minimum absolute atomic E-state index is 0.201. The van der Waals surface area contributed by atoms with Crippen LogP contribution in [0, 0.1) is 0 Å². The number of benzene rings is 1. The molecule has 0 bridgehead atoms. The van der Waals surface area contributed by atoms with Gasteiger partial charge in [-0.2, -0.15) is 0 Å². The molecule has 0 saturated heterocycles. The van der Waals surface area contributed by atoms with E-state index >= 15 is 0 Å². The standard InChI is InChI=1S/C18H15BrN2O4/c1-10-6-12-7-11(2-3-14(12)23-10)16-8-13(21-25-16)9-20-18(22)15-4-5-17(19)24-15/h2-5,7-8,10H,6,9H2,1H3,(H,20,22). The summed E-state index contributed by atoms with van der Waals surface area (Å²) in [4.78, 5) is 12.0. The molecule has 0 fully saturated rings. The van der Waals surface area contributed by atoms with E-state index in [4.69, 9.17) is 13.7 Å². The highest BCUT2D eigenvalue weighted by Crippen LogP contribution is 2.33. The molecule has 1 N–H and O–H groups in total. The molecule has 7 heteroatoms. The van der Waals surface area contributed by atoms with Crippen LogP contribution in [0.3, 0.4) is 0 Å². The summed E-state index contributed by atoms with van der Waals surface area (Å²) in [5, 5.41) is 6.76. The topological polar surface area (TPSA) is 77.5 Å². The van der Waals surface area contributed by atoms with Crippen LogP contribution in [-0.4, -0.2) is 17.2 Å². The molecule has 0 saturated carbocycles. The Morgan fingerprint density at radius 1 is 1.32 bits per heavy atom. The summed E-state index contributed by atoms with van der Waals surface area (Å²) in [7, 11) is 0. The van der Waals surface area contributed by atoms with Gasteiger partial charge in [-0.1, -0.05) is 5.16 Å². The molecule has 1 aliphatic rings. The molecule has 1 atom stereocenters. The molecule has 1 aromatic carbocycles. The van der Waals surface area contributed by atoms with E-state index in [9.17, 15) is 4.79 Å². The predicted octanol–water partition coefficient (Wildman–Crippen LogP) is 3.95. The van der Waals surface area contributed by atoms with Crippen molar-refractivity contribution in [3.8, 4) is 17.1 Å². The van der Waals surface area contributed by atoms with Gasteiger partial charge in [0.1, 0.15) is 17.5 Å². The van der Waals surface area contributed by atoms with E-state index in [-0.39, 0.29) is 24.3 Å². The van der Waals surface area contributed by atoms with Gasteiger partial charge in [0.25, 0.3) is 5.91 Å². The minimum atomic E-state index is -0.307. The summed E-state index contributed by atoms with van der Waals surface area (Å²) in [5.41, 5.74) is 2.75. The van der Waals surface area contributed by atoms with Crippen LogP contribution in [-0.2, 0) is 13.0 Å². The van der Waals surface area contributed by atoms with Gasteiger partial charge in [0, 0.05) is 18.1 Å². The van der Waals surface area contributed by atoms with Crippen LogP contribution in [0.15, 0.2) is 50.0 Å². The number of rotatable bonds is 4. The minimum Gasteiger partial charge on any atom is -0.490 e. The van der Waals surface area contributed by atoms with E-state index in [1.807, 2.05) is 25.1 Å². The Hall–Kier alpha value is -2.54. The number of ether oxygens (including phenoxy) is 1. The van der Waals surface area contributed by atoms with Crippen LogP contribution in [0.2, 0.25) is 0 Å². The average Bonchev–Trinajstić information content (AvgIpc) is 3.30. The number of nitrogens with one attached hydrogen (secondary N) is 1. The maximum Gasteiger partial charge on any atom is 0.287 e. The van der Waals surface area contributed by atoms with Gasteiger partial charge in [-0.05, 0) is 58.7 Å². The van der Waals surface area contributed by atoms with Gasteiger partial charge in [-0.3, -0.25) is 4.79 Å².